The first-order valence-electron chi connectivity index (χ1n) is 4.72. The van der Waals surface area contributed by atoms with Crippen LogP contribution < -0.4 is 11.1 Å². The van der Waals surface area contributed by atoms with Crippen LogP contribution in [0, 0.1) is 11.3 Å². The zero-order valence-electron chi connectivity index (χ0n) is 8.47. The van der Waals surface area contributed by atoms with Gasteiger partial charge in [0.15, 0.2) is 5.13 Å². The van der Waals surface area contributed by atoms with E-state index in [1.807, 2.05) is 18.2 Å². The summed E-state index contributed by atoms with van der Waals surface area (Å²) in [5.41, 5.74) is 7.25. The van der Waals surface area contributed by atoms with Crippen molar-refractivity contribution in [3.63, 3.8) is 0 Å². The molecule has 2 aromatic rings. The van der Waals surface area contributed by atoms with Gasteiger partial charge in [-0.3, -0.25) is 0 Å². The van der Waals surface area contributed by atoms with Crippen LogP contribution in [0.2, 0.25) is 0 Å². The van der Waals surface area contributed by atoms with Gasteiger partial charge < -0.3 is 11.1 Å². The van der Waals surface area contributed by atoms with Gasteiger partial charge in [-0.25, -0.2) is 4.98 Å². The zero-order chi connectivity index (χ0) is 11.4. The van der Waals surface area contributed by atoms with E-state index in [4.69, 9.17) is 11.0 Å². The Morgan fingerprint density at radius 1 is 1.50 bits per heavy atom. The predicted molar refractivity (Wildman–Crippen MR) is 65.0 cm³/mol. The minimum Gasteiger partial charge on any atom is -0.375 e. The maximum atomic E-state index is 8.76. The molecule has 3 N–H and O–H groups in total. The number of nitrogens with zero attached hydrogens (tertiary/aromatic N) is 2. The molecule has 4 nitrogen and oxygen atoms in total. The highest BCUT2D eigenvalue weighted by atomic mass is 32.1. The zero-order valence-corrected chi connectivity index (χ0v) is 9.29. The van der Waals surface area contributed by atoms with Crippen molar-refractivity contribution < 1.29 is 0 Å². The van der Waals surface area contributed by atoms with Crippen LogP contribution in [0.1, 0.15) is 11.1 Å². The maximum absolute atomic E-state index is 8.76. The van der Waals surface area contributed by atoms with Gasteiger partial charge in [0.05, 0.1) is 17.8 Å². The fourth-order valence-electron chi connectivity index (χ4n) is 1.31. The molecule has 0 bridgehead atoms. The molecular weight excluding hydrogens is 220 g/mol. The van der Waals surface area contributed by atoms with E-state index < -0.39 is 0 Å². The number of rotatable bonds is 3. The van der Waals surface area contributed by atoms with Crippen molar-refractivity contribution in [3.05, 3.63) is 41.6 Å². The summed E-state index contributed by atoms with van der Waals surface area (Å²) in [4.78, 5) is 3.94. The fraction of sp³-hybridized carbons (Fsp3) is 0.0909. The quantitative estimate of drug-likeness (QED) is 0.847. The molecule has 1 aromatic carbocycles. The molecule has 5 heteroatoms. The van der Waals surface area contributed by atoms with E-state index in [2.05, 4.69) is 16.4 Å². The summed E-state index contributed by atoms with van der Waals surface area (Å²) in [5, 5.41) is 13.4. The van der Waals surface area contributed by atoms with E-state index in [9.17, 15) is 0 Å². The average Bonchev–Trinajstić information content (AvgIpc) is 2.73. The molecule has 1 aromatic heterocycles. The molecule has 0 radical (unpaired) electrons. The van der Waals surface area contributed by atoms with E-state index in [1.54, 1.807) is 12.3 Å². The smallest absolute Gasteiger partial charge is 0.181 e. The molecule has 0 saturated carbocycles. The van der Waals surface area contributed by atoms with Crippen LogP contribution >= 0.6 is 11.3 Å². The average molecular weight is 230 g/mol. The van der Waals surface area contributed by atoms with Crippen molar-refractivity contribution in [2.75, 3.05) is 11.1 Å². The molecular formula is C11H10N4S. The molecule has 0 saturated heterocycles. The third kappa shape index (κ3) is 2.49. The van der Waals surface area contributed by atoms with Gasteiger partial charge in [0.1, 0.15) is 5.00 Å². The van der Waals surface area contributed by atoms with E-state index in [-0.39, 0.29) is 0 Å². The summed E-state index contributed by atoms with van der Waals surface area (Å²) in [6.45, 7) is 0.664. The molecule has 0 aliphatic rings. The van der Waals surface area contributed by atoms with E-state index >= 15 is 0 Å². The first-order valence-corrected chi connectivity index (χ1v) is 5.54. The van der Waals surface area contributed by atoms with Gasteiger partial charge >= 0.3 is 0 Å². The number of nitriles is 1. The van der Waals surface area contributed by atoms with Crippen LogP contribution in [0.3, 0.4) is 0 Å². The van der Waals surface area contributed by atoms with Crippen molar-refractivity contribution in [1.82, 2.24) is 4.98 Å². The summed E-state index contributed by atoms with van der Waals surface area (Å²) in [7, 11) is 0. The number of nitrogens with one attached hydrogen (secondary N) is 1. The lowest BCUT2D eigenvalue weighted by Crippen LogP contribution is -1.97. The Balaban J connectivity index is 2.02. The lowest BCUT2D eigenvalue weighted by Gasteiger charge is -2.03. The number of benzene rings is 1. The van der Waals surface area contributed by atoms with E-state index in [0.717, 1.165) is 10.6 Å². The number of nitrogens with two attached hydrogens (primary N) is 1. The number of aromatic nitrogens is 1. The predicted octanol–water partition coefficient (Wildman–Crippen LogP) is 2.21. The Hall–Kier alpha value is -2.06. The topological polar surface area (TPSA) is 74.7 Å². The highest BCUT2D eigenvalue weighted by molar-refractivity contribution is 7.19. The van der Waals surface area contributed by atoms with Gasteiger partial charge in [0.25, 0.3) is 0 Å². The van der Waals surface area contributed by atoms with Crippen LogP contribution in [-0.2, 0) is 6.54 Å². The van der Waals surface area contributed by atoms with Crippen LogP contribution in [0.5, 0.6) is 0 Å². The summed E-state index contributed by atoms with van der Waals surface area (Å²) in [5.74, 6) is 0. The largest absolute Gasteiger partial charge is 0.375 e. The second-order valence-corrected chi connectivity index (χ2v) is 4.29. The van der Waals surface area contributed by atoms with Crippen molar-refractivity contribution in [2.45, 2.75) is 6.54 Å². The van der Waals surface area contributed by atoms with Gasteiger partial charge in [0.2, 0.25) is 0 Å². The van der Waals surface area contributed by atoms with E-state index in [0.29, 0.717) is 17.2 Å². The minimum atomic E-state index is 0.549. The Kier molecular flexibility index (Phi) is 3.03. The molecule has 16 heavy (non-hydrogen) atoms. The fourth-order valence-corrected chi connectivity index (χ4v) is 1.89. The second-order valence-electron chi connectivity index (χ2n) is 3.23. The highest BCUT2D eigenvalue weighted by Crippen LogP contribution is 2.20. The third-order valence-electron chi connectivity index (χ3n) is 2.05. The summed E-state index contributed by atoms with van der Waals surface area (Å²) < 4.78 is 0. The standard InChI is InChI=1S/C11H10N4S/c12-5-8-2-1-3-9(4-8)6-14-10-7-15-11(13)16-10/h1-4,7,14H,6H2,(H2,13,15). The highest BCUT2D eigenvalue weighted by Gasteiger charge is 1.99. The lowest BCUT2D eigenvalue weighted by atomic mass is 10.1. The Morgan fingerprint density at radius 3 is 3.06 bits per heavy atom. The number of hydrogen-bond donors (Lipinski definition) is 2. The number of nitrogen functional groups attached to an aromatic ring is 1. The van der Waals surface area contributed by atoms with Gasteiger partial charge in [-0.15, -0.1) is 0 Å². The number of thiazole rings is 1. The number of hydrogen-bond acceptors (Lipinski definition) is 5. The van der Waals surface area contributed by atoms with Crippen molar-refractivity contribution >= 4 is 21.5 Å². The number of anilines is 2. The second kappa shape index (κ2) is 4.64. The summed E-state index contributed by atoms with van der Waals surface area (Å²) in [6, 6.07) is 9.60. The van der Waals surface area contributed by atoms with Gasteiger partial charge in [0, 0.05) is 6.54 Å². The van der Waals surface area contributed by atoms with E-state index in [1.165, 1.54) is 11.3 Å². The Bertz CT molecular complexity index is 527. The van der Waals surface area contributed by atoms with Crippen LogP contribution in [0.15, 0.2) is 30.5 Å². The molecule has 0 amide bonds. The molecule has 80 valence electrons. The third-order valence-corrected chi connectivity index (χ3v) is 2.83. The minimum absolute atomic E-state index is 0.549. The monoisotopic (exact) mass is 230 g/mol. The molecule has 0 unspecified atom stereocenters. The lowest BCUT2D eigenvalue weighted by molar-refractivity contribution is 1.15. The molecule has 0 aliphatic heterocycles. The van der Waals surface area contributed by atoms with Crippen LogP contribution in [0.4, 0.5) is 10.1 Å². The first kappa shape index (κ1) is 10.5. The van der Waals surface area contributed by atoms with Crippen LogP contribution in [0.25, 0.3) is 0 Å². The Morgan fingerprint density at radius 2 is 2.38 bits per heavy atom. The van der Waals surface area contributed by atoms with Gasteiger partial charge in [-0.2, -0.15) is 5.26 Å². The maximum Gasteiger partial charge on any atom is 0.181 e. The SMILES string of the molecule is N#Cc1cccc(CNc2cnc(N)s2)c1. The molecule has 1 heterocycles. The molecule has 2 rings (SSSR count). The summed E-state index contributed by atoms with van der Waals surface area (Å²) in [6.07, 6.45) is 1.70. The molecule has 0 spiro atoms. The van der Waals surface area contributed by atoms with Crippen molar-refractivity contribution in [1.29, 1.82) is 5.26 Å². The Labute approximate surface area is 97.4 Å². The molecule has 0 atom stereocenters. The molecule has 0 aliphatic carbocycles. The normalized spacial score (nSPS) is 9.69. The van der Waals surface area contributed by atoms with Crippen LogP contribution in [-0.4, -0.2) is 4.98 Å². The van der Waals surface area contributed by atoms with Gasteiger partial charge in [-0.1, -0.05) is 23.5 Å². The molecule has 0 fully saturated rings. The van der Waals surface area contributed by atoms with Crippen molar-refractivity contribution in [3.8, 4) is 6.07 Å². The van der Waals surface area contributed by atoms with Gasteiger partial charge in [-0.05, 0) is 17.7 Å². The first-order chi connectivity index (χ1) is 7.78. The summed E-state index contributed by atoms with van der Waals surface area (Å²) >= 11 is 1.41. The van der Waals surface area contributed by atoms with Crippen molar-refractivity contribution in [2.24, 2.45) is 0 Å².